The third kappa shape index (κ3) is 3.24. The topological polar surface area (TPSA) is 87.5 Å². The zero-order valence-electron chi connectivity index (χ0n) is 14.9. The summed E-state index contributed by atoms with van der Waals surface area (Å²) >= 11 is 12.5. The van der Waals surface area contributed by atoms with Gasteiger partial charge in [0.1, 0.15) is 5.75 Å². The van der Waals surface area contributed by atoms with Crippen molar-refractivity contribution in [2.24, 2.45) is 0 Å². The molecule has 0 aliphatic carbocycles. The van der Waals surface area contributed by atoms with E-state index in [1.165, 1.54) is 11.7 Å². The smallest absolute Gasteiger partial charge is 0.424 e. The van der Waals surface area contributed by atoms with E-state index in [9.17, 15) is 14.9 Å². The number of fused-ring (bicyclic) bond motifs is 1. The first-order valence-electron chi connectivity index (χ1n) is 8.33. The summed E-state index contributed by atoms with van der Waals surface area (Å²) in [5.41, 5.74) is 2.07. The fraction of sp³-hybridized carbons (Fsp3) is 0.0500. The lowest BCUT2D eigenvalue weighted by molar-refractivity contribution is -0.384. The van der Waals surface area contributed by atoms with Crippen LogP contribution < -0.4 is 10.5 Å². The summed E-state index contributed by atoms with van der Waals surface area (Å²) in [6, 6.07) is 15.0. The number of halogens is 2. The maximum Gasteiger partial charge on any atom is 0.424 e. The van der Waals surface area contributed by atoms with Gasteiger partial charge in [0.2, 0.25) is 0 Å². The van der Waals surface area contributed by atoms with E-state index in [1.54, 1.807) is 12.1 Å². The Morgan fingerprint density at radius 2 is 1.72 bits per heavy atom. The largest absolute Gasteiger partial charge is 0.496 e. The molecule has 0 radical (unpaired) electrons. The quantitative estimate of drug-likeness (QED) is 0.316. The number of nitrogens with zero attached hydrogens (tertiary/aromatic N) is 2. The number of non-ortho nitro benzene ring substituents is 1. The summed E-state index contributed by atoms with van der Waals surface area (Å²) in [6.07, 6.45) is 0. The molecule has 0 N–H and O–H groups in total. The Morgan fingerprint density at radius 3 is 2.31 bits per heavy atom. The number of oxazole rings is 1. The first kappa shape index (κ1) is 19.0. The molecule has 0 unspecified atom stereocenters. The van der Waals surface area contributed by atoms with Crippen molar-refractivity contribution < 1.29 is 14.1 Å². The lowest BCUT2D eigenvalue weighted by Gasteiger charge is -2.11. The monoisotopic (exact) mass is 430 g/mol. The summed E-state index contributed by atoms with van der Waals surface area (Å²) in [7, 11) is 1.52. The van der Waals surface area contributed by atoms with Gasteiger partial charge < -0.3 is 9.15 Å². The highest BCUT2D eigenvalue weighted by Crippen LogP contribution is 2.38. The number of nitro groups is 1. The average Bonchev–Trinajstić information content (AvgIpc) is 3.02. The fourth-order valence-electron chi connectivity index (χ4n) is 3.14. The zero-order valence-corrected chi connectivity index (χ0v) is 16.4. The molecule has 3 aromatic carbocycles. The van der Waals surface area contributed by atoms with Crippen molar-refractivity contribution in [1.82, 2.24) is 4.57 Å². The van der Waals surface area contributed by atoms with Crippen LogP contribution in [0.4, 0.5) is 5.69 Å². The van der Waals surface area contributed by atoms with Crippen LogP contribution in [0.2, 0.25) is 10.0 Å². The Labute approximate surface area is 173 Å². The van der Waals surface area contributed by atoms with Crippen LogP contribution in [0.1, 0.15) is 0 Å². The molecule has 146 valence electrons. The third-order valence-corrected chi connectivity index (χ3v) is 5.00. The first-order valence-corrected chi connectivity index (χ1v) is 9.09. The summed E-state index contributed by atoms with van der Waals surface area (Å²) in [4.78, 5) is 23.0. The second kappa shape index (κ2) is 7.27. The predicted molar refractivity (Wildman–Crippen MR) is 110 cm³/mol. The normalized spacial score (nSPS) is 11.0. The van der Waals surface area contributed by atoms with Gasteiger partial charge in [-0.1, -0.05) is 53.5 Å². The van der Waals surface area contributed by atoms with Crippen molar-refractivity contribution in [1.29, 1.82) is 0 Å². The molecule has 0 bridgehead atoms. The maximum absolute atomic E-state index is 12.6. The predicted octanol–water partition coefficient (Wildman–Crippen LogP) is 5.47. The van der Waals surface area contributed by atoms with Gasteiger partial charge in [-0.05, 0) is 11.6 Å². The summed E-state index contributed by atoms with van der Waals surface area (Å²) < 4.78 is 12.0. The first-order chi connectivity index (χ1) is 13.9. The number of ether oxygens (including phenoxy) is 1. The number of methoxy groups -OCH3 is 1. The van der Waals surface area contributed by atoms with E-state index >= 15 is 0 Å². The van der Waals surface area contributed by atoms with Crippen LogP contribution in [0, 0.1) is 10.1 Å². The molecule has 0 amide bonds. The van der Waals surface area contributed by atoms with E-state index in [4.69, 9.17) is 32.4 Å². The van der Waals surface area contributed by atoms with Crippen LogP contribution in [0.25, 0.3) is 27.9 Å². The van der Waals surface area contributed by atoms with Gasteiger partial charge in [-0.2, -0.15) is 0 Å². The van der Waals surface area contributed by atoms with Gasteiger partial charge in [0.25, 0.3) is 5.69 Å². The molecule has 0 aliphatic rings. The lowest BCUT2D eigenvalue weighted by Crippen LogP contribution is -2.13. The van der Waals surface area contributed by atoms with Crippen LogP contribution in [-0.4, -0.2) is 16.6 Å². The van der Waals surface area contributed by atoms with E-state index in [0.29, 0.717) is 11.3 Å². The molecule has 0 fully saturated rings. The molecular formula is C20H12Cl2N2O5. The SMILES string of the molecule is COc1cc2oc(=O)n(-c3c(Cl)cc([N+](=O)[O-])cc3Cl)c2cc1-c1ccccc1. The third-order valence-electron chi connectivity index (χ3n) is 4.42. The highest BCUT2D eigenvalue weighted by molar-refractivity contribution is 6.38. The Kier molecular flexibility index (Phi) is 4.77. The minimum atomic E-state index is -0.732. The molecule has 9 heteroatoms. The Bertz CT molecular complexity index is 1290. The molecule has 1 aromatic heterocycles. The van der Waals surface area contributed by atoms with Crippen molar-refractivity contribution in [2.75, 3.05) is 7.11 Å². The van der Waals surface area contributed by atoms with Crippen LogP contribution >= 0.6 is 23.2 Å². The molecule has 4 aromatic rings. The van der Waals surface area contributed by atoms with Crippen LogP contribution in [-0.2, 0) is 0 Å². The highest BCUT2D eigenvalue weighted by Gasteiger charge is 2.22. The number of benzene rings is 3. The summed E-state index contributed by atoms with van der Waals surface area (Å²) in [5, 5.41) is 10.9. The Morgan fingerprint density at radius 1 is 1.07 bits per heavy atom. The maximum atomic E-state index is 12.6. The number of hydrogen-bond donors (Lipinski definition) is 0. The molecule has 29 heavy (non-hydrogen) atoms. The van der Waals surface area contributed by atoms with Gasteiger partial charge in [0.05, 0.1) is 33.3 Å². The minimum absolute atomic E-state index is 0.0499. The zero-order chi connectivity index (χ0) is 20.7. The lowest BCUT2D eigenvalue weighted by atomic mass is 10.0. The van der Waals surface area contributed by atoms with E-state index < -0.39 is 10.7 Å². The van der Waals surface area contributed by atoms with Crippen molar-refractivity contribution in [3.63, 3.8) is 0 Å². The van der Waals surface area contributed by atoms with E-state index in [0.717, 1.165) is 23.3 Å². The van der Waals surface area contributed by atoms with Gasteiger partial charge in [-0.3, -0.25) is 10.1 Å². The molecule has 0 saturated heterocycles. The molecule has 0 saturated carbocycles. The molecule has 7 nitrogen and oxygen atoms in total. The van der Waals surface area contributed by atoms with Crippen LogP contribution in [0.3, 0.4) is 0 Å². The average molecular weight is 431 g/mol. The molecule has 4 rings (SSSR count). The number of aromatic nitrogens is 1. The van der Waals surface area contributed by atoms with E-state index in [1.807, 2.05) is 30.3 Å². The van der Waals surface area contributed by atoms with Gasteiger partial charge in [-0.25, -0.2) is 9.36 Å². The number of rotatable bonds is 4. The summed E-state index contributed by atoms with van der Waals surface area (Å²) in [6.45, 7) is 0. The van der Waals surface area contributed by atoms with Crippen LogP contribution in [0.15, 0.2) is 63.8 Å². The van der Waals surface area contributed by atoms with Crippen molar-refractivity contribution in [3.05, 3.63) is 85.3 Å². The molecule has 0 atom stereocenters. The molecule has 1 heterocycles. The minimum Gasteiger partial charge on any atom is -0.496 e. The van der Waals surface area contributed by atoms with Gasteiger partial charge in [0.15, 0.2) is 5.58 Å². The van der Waals surface area contributed by atoms with E-state index in [2.05, 4.69) is 0 Å². The Balaban J connectivity index is 2.03. The van der Waals surface area contributed by atoms with Crippen LogP contribution in [0.5, 0.6) is 5.75 Å². The van der Waals surface area contributed by atoms with Gasteiger partial charge >= 0.3 is 5.76 Å². The Hall–Kier alpha value is -3.29. The second-order valence-corrected chi connectivity index (χ2v) is 6.92. The van der Waals surface area contributed by atoms with Crippen molar-refractivity contribution >= 4 is 40.0 Å². The second-order valence-electron chi connectivity index (χ2n) is 6.10. The van der Waals surface area contributed by atoms with Gasteiger partial charge in [0, 0.05) is 23.8 Å². The van der Waals surface area contributed by atoms with E-state index in [-0.39, 0.29) is 27.0 Å². The fourth-order valence-corrected chi connectivity index (χ4v) is 3.78. The summed E-state index contributed by atoms with van der Waals surface area (Å²) in [5.74, 6) is -0.213. The van der Waals surface area contributed by atoms with Crippen molar-refractivity contribution in [3.8, 4) is 22.6 Å². The van der Waals surface area contributed by atoms with Crippen molar-refractivity contribution in [2.45, 2.75) is 0 Å². The number of hydrogen-bond acceptors (Lipinski definition) is 5. The molecule has 0 spiro atoms. The molecular weight excluding hydrogens is 419 g/mol. The molecule has 0 aliphatic heterocycles. The number of nitro benzene ring substituents is 1. The highest BCUT2D eigenvalue weighted by atomic mass is 35.5. The standard InChI is InChI=1S/C20H12Cl2N2O5/c1-28-17-10-18-16(9-13(17)11-5-3-2-4-6-11)23(20(25)29-18)19-14(21)7-12(24(26)27)8-15(19)22/h2-10H,1H3. The van der Waals surface area contributed by atoms with Gasteiger partial charge in [-0.15, -0.1) is 0 Å².